The lowest BCUT2D eigenvalue weighted by Gasteiger charge is -2.27. The summed E-state index contributed by atoms with van der Waals surface area (Å²) in [7, 11) is 0. The third kappa shape index (κ3) is 3.55. The van der Waals surface area contributed by atoms with Crippen LogP contribution in [-0.4, -0.2) is 19.0 Å². The van der Waals surface area contributed by atoms with Gasteiger partial charge >= 0.3 is 0 Å². The topological polar surface area (TPSA) is 41.1 Å². The molecule has 1 amide bonds. The second kappa shape index (κ2) is 6.75. The minimum atomic E-state index is 0.0775. The molecule has 0 fully saturated rings. The van der Waals surface area contributed by atoms with E-state index in [-0.39, 0.29) is 11.9 Å². The maximum Gasteiger partial charge on any atom is 0.224 e. The fourth-order valence-corrected chi connectivity index (χ4v) is 2.94. The average Bonchev–Trinajstić information content (AvgIpc) is 2.55. The van der Waals surface area contributed by atoms with Crippen molar-refractivity contribution in [2.45, 2.75) is 25.8 Å². The number of rotatable bonds is 4. The SMILES string of the molecule is Cc1ccc(CC(=O)NCC2NCCc3ccccc32)cc1. The van der Waals surface area contributed by atoms with Gasteiger partial charge in [-0.2, -0.15) is 0 Å². The quantitative estimate of drug-likeness (QED) is 0.910. The lowest BCUT2D eigenvalue weighted by atomic mass is 9.94. The normalized spacial score (nSPS) is 16.9. The van der Waals surface area contributed by atoms with Crippen LogP contribution in [0.2, 0.25) is 0 Å². The molecule has 1 unspecified atom stereocenters. The van der Waals surface area contributed by atoms with Gasteiger partial charge in [0.1, 0.15) is 0 Å². The molecule has 0 bridgehead atoms. The van der Waals surface area contributed by atoms with Crippen LogP contribution in [0.25, 0.3) is 0 Å². The first-order valence-corrected chi connectivity index (χ1v) is 7.86. The van der Waals surface area contributed by atoms with E-state index in [0.29, 0.717) is 13.0 Å². The Balaban J connectivity index is 1.56. The van der Waals surface area contributed by atoms with Crippen LogP contribution in [0.4, 0.5) is 0 Å². The summed E-state index contributed by atoms with van der Waals surface area (Å²) in [5.74, 6) is 0.0775. The molecule has 22 heavy (non-hydrogen) atoms. The van der Waals surface area contributed by atoms with Crippen molar-refractivity contribution in [3.8, 4) is 0 Å². The molecular formula is C19H22N2O. The number of aryl methyl sites for hydroxylation is 1. The van der Waals surface area contributed by atoms with Crippen molar-refractivity contribution in [1.82, 2.24) is 10.6 Å². The van der Waals surface area contributed by atoms with Crippen LogP contribution in [0.1, 0.15) is 28.3 Å². The van der Waals surface area contributed by atoms with Crippen molar-refractivity contribution >= 4 is 5.91 Å². The molecular weight excluding hydrogens is 272 g/mol. The first-order chi connectivity index (χ1) is 10.7. The first-order valence-electron chi connectivity index (χ1n) is 7.86. The van der Waals surface area contributed by atoms with Crippen molar-refractivity contribution < 1.29 is 4.79 Å². The Morgan fingerprint density at radius 3 is 2.77 bits per heavy atom. The van der Waals surface area contributed by atoms with Crippen molar-refractivity contribution in [2.24, 2.45) is 0 Å². The van der Waals surface area contributed by atoms with Gasteiger partial charge in [0.2, 0.25) is 5.91 Å². The van der Waals surface area contributed by atoms with Crippen molar-refractivity contribution in [2.75, 3.05) is 13.1 Å². The fourth-order valence-electron chi connectivity index (χ4n) is 2.94. The molecule has 0 radical (unpaired) electrons. The molecule has 2 aromatic carbocycles. The van der Waals surface area contributed by atoms with E-state index >= 15 is 0 Å². The van der Waals surface area contributed by atoms with Crippen LogP contribution in [0.3, 0.4) is 0 Å². The number of benzene rings is 2. The molecule has 114 valence electrons. The standard InChI is InChI=1S/C19H22N2O/c1-14-6-8-15(9-7-14)12-19(22)21-13-18-17-5-3-2-4-16(17)10-11-20-18/h2-9,18,20H,10-13H2,1H3,(H,21,22). The highest BCUT2D eigenvalue weighted by atomic mass is 16.1. The van der Waals surface area contributed by atoms with Crippen LogP contribution < -0.4 is 10.6 Å². The molecule has 2 aromatic rings. The highest BCUT2D eigenvalue weighted by Gasteiger charge is 2.19. The second-order valence-corrected chi connectivity index (χ2v) is 5.92. The van der Waals surface area contributed by atoms with E-state index in [0.717, 1.165) is 18.5 Å². The number of carbonyl (C=O) groups is 1. The molecule has 0 saturated heterocycles. The monoisotopic (exact) mass is 294 g/mol. The van der Waals surface area contributed by atoms with Crippen molar-refractivity contribution in [3.05, 3.63) is 70.8 Å². The van der Waals surface area contributed by atoms with E-state index in [9.17, 15) is 4.79 Å². The minimum Gasteiger partial charge on any atom is -0.354 e. The maximum absolute atomic E-state index is 12.1. The number of hydrogen-bond donors (Lipinski definition) is 2. The Bertz CT molecular complexity index is 649. The van der Waals surface area contributed by atoms with E-state index < -0.39 is 0 Å². The fraction of sp³-hybridized carbons (Fsp3) is 0.316. The lowest BCUT2D eigenvalue weighted by molar-refractivity contribution is -0.120. The maximum atomic E-state index is 12.1. The van der Waals surface area contributed by atoms with Crippen LogP contribution in [0.15, 0.2) is 48.5 Å². The summed E-state index contributed by atoms with van der Waals surface area (Å²) in [5.41, 5.74) is 4.97. The summed E-state index contributed by atoms with van der Waals surface area (Å²) in [6, 6.07) is 16.8. The van der Waals surface area contributed by atoms with Crippen LogP contribution in [-0.2, 0) is 17.6 Å². The number of amides is 1. The molecule has 3 rings (SSSR count). The Morgan fingerprint density at radius 2 is 1.95 bits per heavy atom. The molecule has 3 nitrogen and oxygen atoms in total. The smallest absolute Gasteiger partial charge is 0.224 e. The molecule has 1 atom stereocenters. The van der Waals surface area contributed by atoms with E-state index in [1.165, 1.54) is 16.7 Å². The number of nitrogens with one attached hydrogen (secondary N) is 2. The second-order valence-electron chi connectivity index (χ2n) is 5.92. The van der Waals surface area contributed by atoms with Crippen molar-refractivity contribution in [3.63, 3.8) is 0 Å². The molecule has 0 aromatic heterocycles. The Hall–Kier alpha value is -2.13. The zero-order chi connectivity index (χ0) is 15.4. The van der Waals surface area contributed by atoms with E-state index in [1.54, 1.807) is 0 Å². The van der Waals surface area contributed by atoms with Gasteiger partial charge in [-0.1, -0.05) is 54.1 Å². The van der Waals surface area contributed by atoms with E-state index in [2.05, 4.69) is 41.8 Å². The van der Waals surface area contributed by atoms with Gasteiger partial charge in [-0.15, -0.1) is 0 Å². The van der Waals surface area contributed by atoms with Crippen LogP contribution in [0.5, 0.6) is 0 Å². The summed E-state index contributed by atoms with van der Waals surface area (Å²) in [4.78, 5) is 12.1. The summed E-state index contributed by atoms with van der Waals surface area (Å²) in [6.45, 7) is 3.66. The Kier molecular flexibility index (Phi) is 4.54. The molecule has 1 aliphatic rings. The van der Waals surface area contributed by atoms with Gasteiger partial charge in [0.05, 0.1) is 6.42 Å². The van der Waals surface area contributed by atoms with Crippen LogP contribution in [0, 0.1) is 6.92 Å². The van der Waals surface area contributed by atoms with Gasteiger partial charge in [-0.3, -0.25) is 4.79 Å². The number of hydrogen-bond acceptors (Lipinski definition) is 2. The predicted molar refractivity (Wildman–Crippen MR) is 88.8 cm³/mol. The molecule has 0 aliphatic carbocycles. The summed E-state index contributed by atoms with van der Waals surface area (Å²) < 4.78 is 0. The van der Waals surface area contributed by atoms with Gasteiger partial charge in [0, 0.05) is 12.6 Å². The molecule has 1 aliphatic heterocycles. The van der Waals surface area contributed by atoms with Gasteiger partial charge < -0.3 is 10.6 Å². The third-order valence-corrected chi connectivity index (χ3v) is 4.20. The highest BCUT2D eigenvalue weighted by Crippen LogP contribution is 2.21. The zero-order valence-electron chi connectivity index (χ0n) is 12.9. The van der Waals surface area contributed by atoms with Gasteiger partial charge in [0.15, 0.2) is 0 Å². The average molecular weight is 294 g/mol. The molecule has 0 spiro atoms. The molecule has 2 N–H and O–H groups in total. The van der Waals surface area contributed by atoms with Gasteiger partial charge in [-0.25, -0.2) is 0 Å². The molecule has 1 heterocycles. The van der Waals surface area contributed by atoms with E-state index in [4.69, 9.17) is 0 Å². The highest BCUT2D eigenvalue weighted by molar-refractivity contribution is 5.78. The molecule has 0 saturated carbocycles. The zero-order valence-corrected chi connectivity index (χ0v) is 12.9. The lowest BCUT2D eigenvalue weighted by Crippen LogP contribution is -2.39. The Labute approximate surface area is 131 Å². The molecule has 3 heteroatoms. The number of fused-ring (bicyclic) bond motifs is 1. The number of carbonyl (C=O) groups excluding carboxylic acids is 1. The summed E-state index contributed by atoms with van der Waals surface area (Å²) in [6.07, 6.45) is 1.50. The van der Waals surface area contributed by atoms with Gasteiger partial charge in [-0.05, 0) is 36.6 Å². The van der Waals surface area contributed by atoms with Gasteiger partial charge in [0.25, 0.3) is 0 Å². The summed E-state index contributed by atoms with van der Waals surface area (Å²) >= 11 is 0. The minimum absolute atomic E-state index is 0.0775. The largest absolute Gasteiger partial charge is 0.354 e. The Morgan fingerprint density at radius 1 is 1.18 bits per heavy atom. The first kappa shape index (κ1) is 14.8. The van der Waals surface area contributed by atoms with E-state index in [1.807, 2.05) is 24.3 Å². The van der Waals surface area contributed by atoms with Crippen LogP contribution >= 0.6 is 0 Å². The summed E-state index contributed by atoms with van der Waals surface area (Å²) in [5, 5.41) is 6.54. The van der Waals surface area contributed by atoms with Crippen molar-refractivity contribution in [1.29, 1.82) is 0 Å². The third-order valence-electron chi connectivity index (χ3n) is 4.20. The predicted octanol–water partition coefficient (Wildman–Crippen LogP) is 2.54.